The van der Waals surface area contributed by atoms with Crippen molar-refractivity contribution in [3.8, 4) is 11.5 Å². The summed E-state index contributed by atoms with van der Waals surface area (Å²) in [6.07, 6.45) is 0. The normalized spacial score (nSPS) is 12.8. The molecule has 2 amide bonds. The number of fused-ring (bicyclic) bond motifs is 1. The molecule has 0 radical (unpaired) electrons. The molecular weight excluding hydrogens is 270 g/mol. The van der Waals surface area contributed by atoms with Gasteiger partial charge in [-0.15, -0.1) is 0 Å². The van der Waals surface area contributed by atoms with Gasteiger partial charge in [0.05, 0.1) is 18.2 Å². The number of methoxy groups -OCH3 is 1. The Morgan fingerprint density at radius 3 is 2.48 bits per heavy atom. The summed E-state index contributed by atoms with van der Waals surface area (Å²) >= 11 is 0. The Balaban J connectivity index is 1.97. The van der Waals surface area contributed by atoms with E-state index in [0.717, 1.165) is 5.56 Å². The molecule has 0 fully saturated rings. The lowest BCUT2D eigenvalue weighted by atomic mass is 10.1. The molecule has 0 aliphatic carbocycles. The van der Waals surface area contributed by atoms with Gasteiger partial charge in [-0.25, -0.2) is 0 Å². The van der Waals surface area contributed by atoms with Gasteiger partial charge in [-0.1, -0.05) is 30.3 Å². The molecule has 0 spiro atoms. The molecule has 1 aliphatic rings. The minimum absolute atomic E-state index is 0.232. The van der Waals surface area contributed by atoms with E-state index in [4.69, 9.17) is 9.47 Å². The predicted octanol–water partition coefficient (Wildman–Crippen LogP) is 2.16. The van der Waals surface area contributed by atoms with Gasteiger partial charge >= 0.3 is 0 Å². The van der Waals surface area contributed by atoms with E-state index >= 15 is 0 Å². The molecule has 1 aliphatic heterocycles. The fourth-order valence-corrected chi connectivity index (χ4v) is 2.24. The fourth-order valence-electron chi connectivity index (χ4n) is 2.24. The van der Waals surface area contributed by atoms with Crippen molar-refractivity contribution < 1.29 is 19.1 Å². The number of imide groups is 1. The lowest BCUT2D eigenvalue weighted by Crippen LogP contribution is -2.20. The first kappa shape index (κ1) is 13.2. The van der Waals surface area contributed by atoms with Crippen LogP contribution < -0.4 is 14.8 Å². The van der Waals surface area contributed by atoms with Crippen LogP contribution in [0.5, 0.6) is 11.5 Å². The zero-order chi connectivity index (χ0) is 14.8. The highest BCUT2D eigenvalue weighted by Gasteiger charge is 2.32. The number of carbonyl (C=O) groups excluding carboxylic acids is 2. The van der Waals surface area contributed by atoms with Crippen molar-refractivity contribution >= 4 is 11.8 Å². The lowest BCUT2D eigenvalue weighted by Gasteiger charge is -2.13. The smallest absolute Gasteiger partial charge is 0.262 e. The predicted molar refractivity (Wildman–Crippen MR) is 75.6 cm³/mol. The Bertz CT molecular complexity index is 710. The fraction of sp³-hybridized carbons (Fsp3) is 0.125. The van der Waals surface area contributed by atoms with Gasteiger partial charge in [-0.05, 0) is 17.7 Å². The van der Waals surface area contributed by atoms with Crippen LogP contribution in [0.2, 0.25) is 0 Å². The summed E-state index contributed by atoms with van der Waals surface area (Å²) in [5.41, 5.74) is 1.50. The van der Waals surface area contributed by atoms with Gasteiger partial charge in [0.1, 0.15) is 6.61 Å². The van der Waals surface area contributed by atoms with Gasteiger partial charge in [0.25, 0.3) is 11.8 Å². The quantitative estimate of drug-likeness (QED) is 0.873. The number of amides is 2. The molecule has 0 bridgehead atoms. The van der Waals surface area contributed by atoms with E-state index in [2.05, 4.69) is 5.32 Å². The lowest BCUT2D eigenvalue weighted by molar-refractivity contribution is 0.0878. The molecule has 0 aromatic heterocycles. The minimum Gasteiger partial charge on any atom is -0.493 e. The third-order valence-corrected chi connectivity index (χ3v) is 3.27. The van der Waals surface area contributed by atoms with Crippen molar-refractivity contribution in [2.45, 2.75) is 6.61 Å². The van der Waals surface area contributed by atoms with Gasteiger partial charge in [0.15, 0.2) is 11.5 Å². The average Bonchev–Trinajstić information content (AvgIpc) is 2.81. The maximum atomic E-state index is 11.9. The zero-order valence-electron chi connectivity index (χ0n) is 11.4. The van der Waals surface area contributed by atoms with E-state index in [1.807, 2.05) is 30.3 Å². The first-order chi connectivity index (χ1) is 10.2. The molecule has 0 saturated heterocycles. The highest BCUT2D eigenvalue weighted by Crippen LogP contribution is 2.36. The van der Waals surface area contributed by atoms with Gasteiger partial charge < -0.3 is 9.47 Å². The van der Waals surface area contributed by atoms with Crippen LogP contribution in [0.1, 0.15) is 26.3 Å². The van der Waals surface area contributed by atoms with Crippen LogP contribution in [0.25, 0.3) is 0 Å². The summed E-state index contributed by atoms with van der Waals surface area (Å²) in [5, 5.41) is 2.26. The third-order valence-electron chi connectivity index (χ3n) is 3.27. The number of hydrogen-bond acceptors (Lipinski definition) is 4. The van der Waals surface area contributed by atoms with Crippen LogP contribution in [0.4, 0.5) is 0 Å². The van der Waals surface area contributed by atoms with E-state index in [-0.39, 0.29) is 12.2 Å². The Kier molecular flexibility index (Phi) is 3.31. The summed E-state index contributed by atoms with van der Waals surface area (Å²) in [6, 6.07) is 12.7. The van der Waals surface area contributed by atoms with E-state index in [9.17, 15) is 9.59 Å². The molecule has 2 aromatic rings. The first-order valence-electron chi connectivity index (χ1n) is 6.44. The summed E-state index contributed by atoms with van der Waals surface area (Å²) in [6.45, 7) is 0.287. The standard InChI is InChI=1S/C16H13NO4/c1-20-12-8-7-11-13(16(19)17-15(11)18)14(12)21-9-10-5-3-2-4-6-10/h2-8H,9H2,1H3,(H,17,18,19). The minimum atomic E-state index is -0.461. The molecule has 5 nitrogen and oxygen atoms in total. The summed E-state index contributed by atoms with van der Waals surface area (Å²) in [7, 11) is 1.49. The Hall–Kier alpha value is -2.82. The topological polar surface area (TPSA) is 64.6 Å². The molecule has 1 N–H and O–H groups in total. The number of carbonyl (C=O) groups is 2. The Morgan fingerprint density at radius 1 is 1.00 bits per heavy atom. The molecular formula is C16H13NO4. The summed E-state index contributed by atoms with van der Waals surface area (Å²) in [4.78, 5) is 23.6. The molecule has 0 saturated carbocycles. The number of benzene rings is 2. The van der Waals surface area contributed by atoms with Gasteiger partial charge in [-0.2, -0.15) is 0 Å². The first-order valence-corrected chi connectivity index (χ1v) is 6.44. The van der Waals surface area contributed by atoms with Gasteiger partial charge in [0.2, 0.25) is 0 Å². The van der Waals surface area contributed by atoms with Crippen molar-refractivity contribution in [3.05, 3.63) is 59.2 Å². The SMILES string of the molecule is COc1ccc2c(c1OCc1ccccc1)C(=O)NC2=O. The number of nitrogens with one attached hydrogen (secondary N) is 1. The van der Waals surface area contributed by atoms with Crippen LogP contribution in [0.3, 0.4) is 0 Å². The molecule has 0 unspecified atom stereocenters. The van der Waals surface area contributed by atoms with Crippen molar-refractivity contribution in [2.24, 2.45) is 0 Å². The number of hydrogen-bond donors (Lipinski definition) is 1. The summed E-state index contributed by atoms with van der Waals surface area (Å²) in [5.74, 6) is -0.157. The summed E-state index contributed by atoms with van der Waals surface area (Å²) < 4.78 is 11.0. The molecule has 5 heteroatoms. The highest BCUT2D eigenvalue weighted by atomic mass is 16.5. The molecule has 1 heterocycles. The van der Waals surface area contributed by atoms with Gasteiger partial charge in [-0.3, -0.25) is 14.9 Å². The number of rotatable bonds is 4. The van der Waals surface area contributed by atoms with Crippen molar-refractivity contribution in [2.75, 3.05) is 7.11 Å². The highest BCUT2D eigenvalue weighted by molar-refractivity contribution is 6.23. The van der Waals surface area contributed by atoms with Gasteiger partial charge in [0, 0.05) is 0 Å². The Labute approximate surface area is 121 Å². The van der Waals surface area contributed by atoms with Crippen LogP contribution in [0, 0.1) is 0 Å². The Morgan fingerprint density at radius 2 is 1.76 bits per heavy atom. The zero-order valence-corrected chi connectivity index (χ0v) is 11.4. The van der Waals surface area contributed by atoms with Crippen molar-refractivity contribution in [1.29, 1.82) is 0 Å². The monoisotopic (exact) mass is 283 g/mol. The number of ether oxygens (including phenoxy) is 2. The van der Waals surface area contributed by atoms with Crippen molar-refractivity contribution in [1.82, 2.24) is 5.32 Å². The second-order valence-electron chi connectivity index (χ2n) is 4.58. The second kappa shape index (κ2) is 5.28. The van der Waals surface area contributed by atoms with E-state index in [1.165, 1.54) is 7.11 Å². The molecule has 0 atom stereocenters. The van der Waals surface area contributed by atoms with E-state index < -0.39 is 11.8 Å². The van der Waals surface area contributed by atoms with E-state index in [0.29, 0.717) is 17.1 Å². The van der Waals surface area contributed by atoms with Crippen molar-refractivity contribution in [3.63, 3.8) is 0 Å². The second-order valence-corrected chi connectivity index (χ2v) is 4.58. The molecule has 2 aromatic carbocycles. The maximum absolute atomic E-state index is 11.9. The average molecular weight is 283 g/mol. The maximum Gasteiger partial charge on any atom is 0.262 e. The molecule has 3 rings (SSSR count). The molecule has 21 heavy (non-hydrogen) atoms. The van der Waals surface area contributed by atoms with Crippen LogP contribution in [0.15, 0.2) is 42.5 Å². The molecule has 106 valence electrons. The third kappa shape index (κ3) is 2.33. The van der Waals surface area contributed by atoms with E-state index in [1.54, 1.807) is 12.1 Å². The largest absolute Gasteiger partial charge is 0.493 e. The van der Waals surface area contributed by atoms with Crippen LogP contribution in [-0.4, -0.2) is 18.9 Å². The van der Waals surface area contributed by atoms with Crippen LogP contribution in [-0.2, 0) is 6.61 Å². The van der Waals surface area contributed by atoms with Crippen LogP contribution >= 0.6 is 0 Å².